The van der Waals surface area contributed by atoms with Crippen molar-refractivity contribution in [3.05, 3.63) is 29.6 Å². The van der Waals surface area contributed by atoms with E-state index in [0.717, 1.165) is 19.4 Å². The monoisotopic (exact) mass is 289 g/mol. The third kappa shape index (κ3) is 4.20. The molecule has 1 fully saturated rings. The fraction of sp³-hybridized carbons (Fsp3) is 0.438. The summed E-state index contributed by atoms with van der Waals surface area (Å²) in [4.78, 5) is 13.9. The average Bonchev–Trinajstić information content (AvgIpc) is 2.47. The van der Waals surface area contributed by atoms with E-state index >= 15 is 0 Å². The summed E-state index contributed by atoms with van der Waals surface area (Å²) in [5.41, 5.74) is 6.00. The van der Waals surface area contributed by atoms with Gasteiger partial charge in [-0.2, -0.15) is 0 Å². The Morgan fingerprint density at radius 2 is 2.38 bits per heavy atom. The first-order valence-corrected chi connectivity index (χ1v) is 7.14. The number of nitrogens with zero attached hydrogens (tertiary/aromatic N) is 1. The molecule has 0 spiro atoms. The lowest BCUT2D eigenvalue weighted by molar-refractivity contribution is 0.182. The molecule has 1 aromatic carbocycles. The van der Waals surface area contributed by atoms with Gasteiger partial charge in [0.15, 0.2) is 0 Å². The number of carbonyl (C=O) groups excluding carboxylic acids is 1. The highest BCUT2D eigenvalue weighted by molar-refractivity contribution is 5.89. The van der Waals surface area contributed by atoms with Crippen molar-refractivity contribution in [3.63, 3.8) is 0 Å². The maximum atomic E-state index is 13.9. The van der Waals surface area contributed by atoms with Gasteiger partial charge >= 0.3 is 6.03 Å². The molecule has 1 aliphatic rings. The van der Waals surface area contributed by atoms with Gasteiger partial charge < -0.3 is 16.0 Å². The maximum Gasteiger partial charge on any atom is 0.321 e. The van der Waals surface area contributed by atoms with Gasteiger partial charge in [-0.25, -0.2) is 9.18 Å². The lowest BCUT2D eigenvalue weighted by atomic mass is 10.0. The van der Waals surface area contributed by atoms with E-state index in [0.29, 0.717) is 18.0 Å². The lowest BCUT2D eigenvalue weighted by Gasteiger charge is -2.30. The SMILES string of the molecule is CC1CCCN(C(=O)Nc2ccc(C#CCN)cc2F)C1. The van der Waals surface area contributed by atoms with Crippen molar-refractivity contribution in [1.82, 2.24) is 4.90 Å². The van der Waals surface area contributed by atoms with Gasteiger partial charge in [0.05, 0.1) is 12.2 Å². The second-order valence-electron chi connectivity index (χ2n) is 5.32. The number of nitrogens with two attached hydrogens (primary N) is 1. The lowest BCUT2D eigenvalue weighted by Crippen LogP contribution is -2.41. The Morgan fingerprint density at radius 1 is 1.57 bits per heavy atom. The number of hydrogen-bond donors (Lipinski definition) is 2. The van der Waals surface area contributed by atoms with Crippen LogP contribution in [0.25, 0.3) is 0 Å². The van der Waals surface area contributed by atoms with Gasteiger partial charge in [-0.15, -0.1) is 0 Å². The van der Waals surface area contributed by atoms with Crippen LogP contribution in [-0.4, -0.2) is 30.6 Å². The summed E-state index contributed by atoms with van der Waals surface area (Å²) in [6.45, 7) is 3.78. The Bertz CT molecular complexity index is 577. The molecule has 21 heavy (non-hydrogen) atoms. The Balaban J connectivity index is 2.03. The molecule has 5 heteroatoms. The van der Waals surface area contributed by atoms with E-state index in [1.165, 1.54) is 12.1 Å². The second-order valence-corrected chi connectivity index (χ2v) is 5.32. The first kappa shape index (κ1) is 15.3. The van der Waals surface area contributed by atoms with Crippen LogP contribution in [0.15, 0.2) is 18.2 Å². The number of rotatable bonds is 1. The Labute approximate surface area is 124 Å². The van der Waals surface area contributed by atoms with Crippen LogP contribution in [-0.2, 0) is 0 Å². The summed E-state index contributed by atoms with van der Waals surface area (Å²) in [7, 11) is 0. The summed E-state index contributed by atoms with van der Waals surface area (Å²) >= 11 is 0. The molecule has 1 heterocycles. The van der Waals surface area contributed by atoms with Crippen molar-refractivity contribution in [3.8, 4) is 11.8 Å². The van der Waals surface area contributed by atoms with Crippen LogP contribution in [0.1, 0.15) is 25.3 Å². The molecule has 1 atom stereocenters. The standard InChI is InChI=1S/C16H20FN3O/c1-12-4-3-9-20(11-12)16(21)19-15-7-6-13(5-2-8-18)10-14(15)17/h6-7,10,12H,3-4,8-9,11,18H2,1H3,(H,19,21). The minimum Gasteiger partial charge on any atom is -0.324 e. The van der Waals surface area contributed by atoms with Gasteiger partial charge in [-0.3, -0.25) is 0 Å². The molecule has 112 valence electrons. The summed E-state index contributed by atoms with van der Waals surface area (Å²) in [5.74, 6) is 5.42. The van der Waals surface area contributed by atoms with Crippen LogP contribution in [0.5, 0.6) is 0 Å². The Hall–Kier alpha value is -2.06. The van der Waals surface area contributed by atoms with Gasteiger partial charge in [-0.05, 0) is 37.0 Å². The minimum atomic E-state index is -0.489. The van der Waals surface area contributed by atoms with Crippen molar-refractivity contribution >= 4 is 11.7 Å². The quantitative estimate of drug-likeness (QED) is 0.780. The summed E-state index contributed by atoms with van der Waals surface area (Å²) < 4.78 is 13.9. The highest BCUT2D eigenvalue weighted by atomic mass is 19.1. The normalized spacial score (nSPS) is 17.9. The molecular weight excluding hydrogens is 269 g/mol. The minimum absolute atomic E-state index is 0.177. The number of halogens is 1. The van der Waals surface area contributed by atoms with Crippen LogP contribution < -0.4 is 11.1 Å². The zero-order valence-electron chi connectivity index (χ0n) is 12.2. The third-order valence-electron chi connectivity index (χ3n) is 3.49. The van der Waals surface area contributed by atoms with Gasteiger partial charge in [0.25, 0.3) is 0 Å². The van der Waals surface area contributed by atoms with Crippen molar-refractivity contribution in [2.75, 3.05) is 25.0 Å². The van der Waals surface area contributed by atoms with E-state index < -0.39 is 5.82 Å². The van der Waals surface area contributed by atoms with Crippen molar-refractivity contribution in [2.45, 2.75) is 19.8 Å². The van der Waals surface area contributed by atoms with E-state index in [4.69, 9.17) is 5.73 Å². The summed E-state index contributed by atoms with van der Waals surface area (Å²) in [6, 6.07) is 4.25. The molecule has 0 saturated carbocycles. The predicted molar refractivity (Wildman–Crippen MR) is 81.3 cm³/mol. The summed E-state index contributed by atoms with van der Waals surface area (Å²) in [5, 5.41) is 2.62. The molecular formula is C16H20FN3O. The molecule has 1 aliphatic heterocycles. The molecule has 0 aromatic heterocycles. The number of likely N-dealkylation sites (tertiary alicyclic amines) is 1. The largest absolute Gasteiger partial charge is 0.324 e. The molecule has 0 aliphatic carbocycles. The highest BCUT2D eigenvalue weighted by Crippen LogP contribution is 2.19. The molecule has 0 radical (unpaired) electrons. The van der Waals surface area contributed by atoms with Crippen LogP contribution >= 0.6 is 0 Å². The number of urea groups is 1. The number of carbonyl (C=O) groups is 1. The maximum absolute atomic E-state index is 13.9. The van der Waals surface area contributed by atoms with Crippen LogP contribution in [0.2, 0.25) is 0 Å². The van der Waals surface area contributed by atoms with Gasteiger partial charge in [0.1, 0.15) is 5.82 Å². The third-order valence-corrected chi connectivity index (χ3v) is 3.49. The van der Waals surface area contributed by atoms with Crippen molar-refractivity contribution < 1.29 is 9.18 Å². The number of amides is 2. The number of piperidine rings is 1. The van der Waals surface area contributed by atoms with E-state index in [9.17, 15) is 9.18 Å². The molecule has 1 aromatic rings. The zero-order chi connectivity index (χ0) is 15.2. The molecule has 4 nitrogen and oxygen atoms in total. The number of nitrogens with one attached hydrogen (secondary N) is 1. The molecule has 2 rings (SSSR count). The molecule has 1 unspecified atom stereocenters. The predicted octanol–water partition coefficient (Wildman–Crippen LogP) is 2.40. The number of anilines is 1. The van der Waals surface area contributed by atoms with E-state index in [1.807, 2.05) is 0 Å². The fourth-order valence-corrected chi connectivity index (χ4v) is 2.42. The van der Waals surface area contributed by atoms with Crippen molar-refractivity contribution in [1.29, 1.82) is 0 Å². The van der Waals surface area contributed by atoms with Crippen LogP contribution in [0, 0.1) is 23.6 Å². The number of benzene rings is 1. The highest BCUT2D eigenvalue weighted by Gasteiger charge is 2.21. The fourth-order valence-electron chi connectivity index (χ4n) is 2.42. The van der Waals surface area contributed by atoms with E-state index in [-0.39, 0.29) is 18.3 Å². The van der Waals surface area contributed by atoms with Crippen LogP contribution in [0.4, 0.5) is 14.9 Å². The first-order chi connectivity index (χ1) is 10.1. The molecule has 1 saturated heterocycles. The van der Waals surface area contributed by atoms with E-state index in [1.54, 1.807) is 11.0 Å². The second kappa shape index (κ2) is 7.09. The molecule has 3 N–H and O–H groups in total. The summed E-state index contributed by atoms with van der Waals surface area (Å²) in [6.07, 6.45) is 2.12. The topological polar surface area (TPSA) is 58.4 Å². The zero-order valence-corrected chi connectivity index (χ0v) is 12.2. The Kier molecular flexibility index (Phi) is 5.18. The Morgan fingerprint density at radius 3 is 3.05 bits per heavy atom. The van der Waals surface area contributed by atoms with Crippen molar-refractivity contribution in [2.24, 2.45) is 11.7 Å². The van der Waals surface area contributed by atoms with Gasteiger partial charge in [0, 0.05) is 18.7 Å². The van der Waals surface area contributed by atoms with Gasteiger partial charge in [-0.1, -0.05) is 18.8 Å². The smallest absolute Gasteiger partial charge is 0.321 e. The van der Waals surface area contributed by atoms with Gasteiger partial charge in [0.2, 0.25) is 0 Å². The number of hydrogen-bond acceptors (Lipinski definition) is 2. The van der Waals surface area contributed by atoms with E-state index in [2.05, 4.69) is 24.1 Å². The molecule has 0 bridgehead atoms. The van der Waals surface area contributed by atoms with Crippen LogP contribution in [0.3, 0.4) is 0 Å². The molecule has 2 amide bonds. The first-order valence-electron chi connectivity index (χ1n) is 7.14. The average molecular weight is 289 g/mol.